The Bertz CT molecular complexity index is 521. The van der Waals surface area contributed by atoms with Crippen LogP contribution < -0.4 is 0 Å². The zero-order chi connectivity index (χ0) is 15.6. The normalized spacial score (nSPS) is 19.7. The molecule has 2 nitrogen and oxygen atoms in total. The summed E-state index contributed by atoms with van der Waals surface area (Å²) >= 11 is 12.7. The Balaban J connectivity index is 2.29. The summed E-state index contributed by atoms with van der Waals surface area (Å²) in [5.74, 6) is 0. The van der Waals surface area contributed by atoms with Crippen LogP contribution in [-0.4, -0.2) is 32.9 Å². The molecule has 0 saturated carbocycles. The molecule has 0 amide bonds. The summed E-state index contributed by atoms with van der Waals surface area (Å²) in [6.45, 7) is 4.54. The van der Waals surface area contributed by atoms with E-state index >= 15 is 0 Å². The number of hydrogen-bond donors (Lipinski definition) is 2. The van der Waals surface area contributed by atoms with Crippen molar-refractivity contribution in [1.82, 2.24) is 0 Å². The van der Waals surface area contributed by atoms with Gasteiger partial charge >= 0.3 is 0 Å². The van der Waals surface area contributed by atoms with Crippen LogP contribution in [0.4, 0.5) is 0 Å². The first kappa shape index (κ1) is 17.0. The lowest BCUT2D eigenvalue weighted by molar-refractivity contribution is 0.300. The number of allylic oxidation sites excluding steroid dienone is 6. The molecule has 0 aromatic rings. The van der Waals surface area contributed by atoms with E-state index in [0.717, 1.165) is 34.1 Å². The maximum atomic E-state index is 9.26. The molecular weight excluding hydrogens is 323 g/mol. The van der Waals surface area contributed by atoms with Crippen molar-refractivity contribution in [3.05, 3.63) is 42.7 Å². The van der Waals surface area contributed by atoms with Gasteiger partial charge in [-0.15, -0.1) is 0 Å². The Morgan fingerprint density at radius 2 is 1.24 bits per heavy atom. The molecule has 0 unspecified atom stereocenters. The zero-order valence-electron chi connectivity index (χ0n) is 12.6. The number of aliphatic hydroxyl groups is 2. The Hall–Kier alpha value is -0.323. The molecule has 0 bridgehead atoms. The summed E-state index contributed by atoms with van der Waals surface area (Å²) in [5.41, 5.74) is 4.97. The van der Waals surface area contributed by atoms with Gasteiger partial charge in [0.15, 0.2) is 0 Å². The molecule has 0 atom stereocenters. The molecule has 2 aliphatic rings. The molecule has 0 aliphatic heterocycles. The van der Waals surface area contributed by atoms with E-state index in [4.69, 9.17) is 23.2 Å². The summed E-state index contributed by atoms with van der Waals surface area (Å²) in [6.07, 6.45) is 2.91. The van der Waals surface area contributed by atoms with E-state index in [0.29, 0.717) is 12.8 Å². The third-order valence-corrected chi connectivity index (χ3v) is 7.82. The fraction of sp³-hybridized carbons (Fsp3) is 0.500. The Labute approximate surface area is 138 Å². The van der Waals surface area contributed by atoms with Gasteiger partial charge in [0.25, 0.3) is 0 Å². The summed E-state index contributed by atoms with van der Waals surface area (Å²) in [5, 5.41) is 23.1. The number of aliphatic hydroxyl groups excluding tert-OH is 2. The molecular formula is C16H22Cl2O2Si. The molecule has 0 fully saturated rings. The quantitative estimate of drug-likeness (QED) is 0.726. The van der Waals surface area contributed by atoms with Crippen molar-refractivity contribution in [1.29, 1.82) is 0 Å². The first-order chi connectivity index (χ1) is 9.99. The molecule has 5 heteroatoms. The van der Waals surface area contributed by atoms with E-state index in [2.05, 4.69) is 13.8 Å². The van der Waals surface area contributed by atoms with Gasteiger partial charge in [0.2, 0.25) is 0 Å². The lowest BCUT2D eigenvalue weighted by atomic mass is 10.2. The molecule has 2 rings (SSSR count). The van der Waals surface area contributed by atoms with Crippen molar-refractivity contribution < 1.29 is 10.2 Å². The maximum Gasteiger partial charge on any atom is 0.0882 e. The van der Waals surface area contributed by atoms with Crippen LogP contribution >= 0.6 is 23.2 Å². The van der Waals surface area contributed by atoms with Crippen LogP contribution in [0.5, 0.6) is 0 Å². The minimum absolute atomic E-state index is 0.134. The van der Waals surface area contributed by atoms with Gasteiger partial charge in [0.05, 0.1) is 9.52 Å². The second kappa shape index (κ2) is 7.29. The minimum Gasteiger partial charge on any atom is -0.396 e. The fourth-order valence-corrected chi connectivity index (χ4v) is 6.68. The van der Waals surface area contributed by atoms with Gasteiger partial charge in [0.1, 0.15) is 0 Å². The number of halogens is 2. The Morgan fingerprint density at radius 1 is 0.857 bits per heavy atom. The van der Waals surface area contributed by atoms with Gasteiger partial charge in [-0.1, -0.05) is 44.7 Å². The third kappa shape index (κ3) is 3.54. The van der Waals surface area contributed by atoms with E-state index in [9.17, 15) is 10.2 Å². The van der Waals surface area contributed by atoms with Gasteiger partial charge in [-0.2, -0.15) is 0 Å². The van der Waals surface area contributed by atoms with Crippen LogP contribution in [0.15, 0.2) is 42.7 Å². The highest BCUT2D eigenvalue weighted by molar-refractivity contribution is 6.58. The Kier molecular flexibility index (Phi) is 5.92. The molecule has 0 radical (unpaired) electrons. The van der Waals surface area contributed by atoms with Crippen molar-refractivity contribution in [3.63, 3.8) is 0 Å². The molecule has 0 saturated heterocycles. The summed E-state index contributed by atoms with van der Waals surface area (Å²) < 4.78 is 0. The van der Waals surface area contributed by atoms with Gasteiger partial charge in [-0.05, 0) is 37.8 Å². The standard InChI is InChI=1S/C16H22Cl2O2Si/c1-9-7-13(17)11(3-5-19)15(9)21-16-10(2)8-14(18)12(16)4-6-20/h19-20H,3-8,21H2,1-2H3. The molecule has 21 heavy (non-hydrogen) atoms. The van der Waals surface area contributed by atoms with Crippen molar-refractivity contribution in [2.45, 2.75) is 39.5 Å². The first-order valence-corrected chi connectivity index (χ1v) is 9.51. The molecule has 116 valence electrons. The van der Waals surface area contributed by atoms with E-state index in [1.165, 1.54) is 21.5 Å². The fourth-order valence-electron chi connectivity index (χ4n) is 3.22. The van der Waals surface area contributed by atoms with E-state index in [-0.39, 0.29) is 13.2 Å². The number of hydrogen-bond acceptors (Lipinski definition) is 2. The lowest BCUT2D eigenvalue weighted by Crippen LogP contribution is -2.08. The minimum atomic E-state index is -0.677. The van der Waals surface area contributed by atoms with Gasteiger partial charge < -0.3 is 10.2 Å². The molecule has 2 N–H and O–H groups in total. The second-order valence-electron chi connectivity index (χ2n) is 5.76. The van der Waals surface area contributed by atoms with Crippen molar-refractivity contribution >= 4 is 32.7 Å². The monoisotopic (exact) mass is 344 g/mol. The van der Waals surface area contributed by atoms with E-state index in [1.54, 1.807) is 0 Å². The molecule has 0 spiro atoms. The SMILES string of the molecule is CC1=C([SiH2]C2=C(C)CC(Cl)=C2CCO)C(CCO)=C(Cl)C1. The summed E-state index contributed by atoms with van der Waals surface area (Å²) in [7, 11) is -0.677. The average molecular weight is 345 g/mol. The number of rotatable bonds is 6. The Morgan fingerprint density at radius 3 is 1.57 bits per heavy atom. The predicted octanol–water partition coefficient (Wildman–Crippen LogP) is 3.26. The van der Waals surface area contributed by atoms with E-state index in [1.807, 2.05) is 0 Å². The summed E-state index contributed by atoms with van der Waals surface area (Å²) in [6, 6.07) is 0. The van der Waals surface area contributed by atoms with Crippen LogP contribution in [0, 0.1) is 0 Å². The predicted molar refractivity (Wildman–Crippen MR) is 92.3 cm³/mol. The highest BCUT2D eigenvalue weighted by atomic mass is 35.5. The van der Waals surface area contributed by atoms with Crippen LogP contribution in [0.2, 0.25) is 0 Å². The average Bonchev–Trinajstić information content (AvgIpc) is 2.83. The second-order valence-corrected chi connectivity index (χ2v) is 8.44. The van der Waals surface area contributed by atoms with Crippen LogP contribution in [0.3, 0.4) is 0 Å². The highest BCUT2D eigenvalue weighted by Gasteiger charge is 2.26. The van der Waals surface area contributed by atoms with Crippen LogP contribution in [0.1, 0.15) is 39.5 Å². The largest absolute Gasteiger partial charge is 0.396 e. The topological polar surface area (TPSA) is 40.5 Å². The van der Waals surface area contributed by atoms with Gasteiger partial charge in [-0.25, -0.2) is 0 Å². The van der Waals surface area contributed by atoms with Crippen molar-refractivity contribution in [3.8, 4) is 0 Å². The van der Waals surface area contributed by atoms with Crippen LogP contribution in [0.25, 0.3) is 0 Å². The smallest absolute Gasteiger partial charge is 0.0882 e. The molecule has 0 heterocycles. The highest BCUT2D eigenvalue weighted by Crippen LogP contribution is 2.41. The molecule has 0 aromatic carbocycles. The zero-order valence-corrected chi connectivity index (χ0v) is 15.5. The van der Waals surface area contributed by atoms with Crippen LogP contribution in [-0.2, 0) is 0 Å². The van der Waals surface area contributed by atoms with Gasteiger partial charge in [0, 0.05) is 36.1 Å². The molecule has 0 aromatic heterocycles. The summed E-state index contributed by atoms with van der Waals surface area (Å²) in [4.78, 5) is 0. The lowest BCUT2D eigenvalue weighted by Gasteiger charge is -2.14. The first-order valence-electron chi connectivity index (χ1n) is 7.34. The third-order valence-electron chi connectivity index (χ3n) is 4.33. The van der Waals surface area contributed by atoms with Gasteiger partial charge in [-0.3, -0.25) is 0 Å². The van der Waals surface area contributed by atoms with E-state index < -0.39 is 9.52 Å². The maximum absolute atomic E-state index is 9.26. The molecule has 2 aliphatic carbocycles. The van der Waals surface area contributed by atoms with Crippen molar-refractivity contribution in [2.75, 3.05) is 13.2 Å². The van der Waals surface area contributed by atoms with Crippen molar-refractivity contribution in [2.24, 2.45) is 0 Å².